The Balaban J connectivity index is 2.81. The zero-order valence-corrected chi connectivity index (χ0v) is 13.5. The van der Waals surface area contributed by atoms with Gasteiger partial charge in [-0.2, -0.15) is 0 Å². The molecule has 1 rings (SSSR count). The first kappa shape index (κ1) is 18.0. The second-order valence-electron chi connectivity index (χ2n) is 5.71. The van der Waals surface area contributed by atoms with Gasteiger partial charge < -0.3 is 9.84 Å². The Morgan fingerprint density at radius 3 is 2.59 bits per heavy atom. The molecule has 0 saturated carbocycles. The van der Waals surface area contributed by atoms with E-state index in [0.29, 0.717) is 24.5 Å². The number of benzene rings is 1. The number of hydrogen-bond donors (Lipinski definition) is 2. The van der Waals surface area contributed by atoms with Crippen molar-refractivity contribution in [3.63, 3.8) is 0 Å². The number of anilines is 1. The molecule has 1 amide bonds. The van der Waals surface area contributed by atoms with Gasteiger partial charge >= 0.3 is 12.1 Å². The third kappa shape index (κ3) is 5.76. The van der Waals surface area contributed by atoms with Gasteiger partial charge in [0.25, 0.3) is 0 Å². The lowest BCUT2D eigenvalue weighted by Crippen LogP contribution is -2.18. The molecule has 1 aromatic rings. The Kier molecular flexibility index (Phi) is 7.43. The quantitative estimate of drug-likeness (QED) is 0.701. The predicted octanol–water partition coefficient (Wildman–Crippen LogP) is 4.32. The van der Waals surface area contributed by atoms with Gasteiger partial charge in [0.2, 0.25) is 0 Å². The molecule has 2 N–H and O–H groups in total. The molecule has 5 heteroatoms. The lowest BCUT2D eigenvalue weighted by atomic mass is 9.97. The summed E-state index contributed by atoms with van der Waals surface area (Å²) in [5, 5.41) is 12.0. The van der Waals surface area contributed by atoms with Gasteiger partial charge in [0.05, 0.1) is 17.9 Å². The number of amides is 1. The molecule has 0 atom stereocenters. The molecule has 0 bridgehead atoms. The molecule has 0 unspecified atom stereocenters. The number of nitrogens with one attached hydrogen (secondary N) is 1. The fraction of sp³-hybridized carbons (Fsp3) is 0.529. The van der Waals surface area contributed by atoms with Crippen LogP contribution >= 0.6 is 0 Å². The van der Waals surface area contributed by atoms with Gasteiger partial charge in [-0.3, -0.25) is 5.32 Å². The van der Waals surface area contributed by atoms with E-state index in [1.807, 2.05) is 13.8 Å². The molecule has 0 heterocycles. The van der Waals surface area contributed by atoms with Crippen molar-refractivity contribution in [2.45, 2.75) is 46.5 Å². The van der Waals surface area contributed by atoms with Gasteiger partial charge in [0, 0.05) is 0 Å². The minimum absolute atomic E-state index is 0.140. The molecule has 1 aromatic carbocycles. The number of hydrogen-bond acceptors (Lipinski definition) is 3. The maximum absolute atomic E-state index is 11.8. The van der Waals surface area contributed by atoms with Crippen molar-refractivity contribution >= 4 is 17.7 Å². The molecule has 5 nitrogen and oxygen atoms in total. The van der Waals surface area contributed by atoms with Gasteiger partial charge in [-0.05, 0) is 30.4 Å². The number of carbonyl (C=O) groups excluding carboxylic acids is 1. The highest BCUT2D eigenvalue weighted by Crippen LogP contribution is 2.23. The zero-order valence-electron chi connectivity index (χ0n) is 13.5. The summed E-state index contributed by atoms with van der Waals surface area (Å²) in [5.41, 5.74) is 1.14. The Bertz CT molecular complexity index is 511. The maximum atomic E-state index is 11.8. The van der Waals surface area contributed by atoms with Crippen LogP contribution in [0.25, 0.3) is 0 Å². The van der Waals surface area contributed by atoms with Crippen molar-refractivity contribution in [3.8, 4) is 0 Å². The van der Waals surface area contributed by atoms with Crippen LogP contribution in [0.3, 0.4) is 0 Å². The number of rotatable bonds is 8. The van der Waals surface area contributed by atoms with Crippen molar-refractivity contribution < 1.29 is 19.4 Å². The normalized spacial score (nSPS) is 10.5. The molecule has 0 aromatic heterocycles. The monoisotopic (exact) mass is 307 g/mol. The van der Waals surface area contributed by atoms with E-state index in [1.165, 1.54) is 0 Å². The minimum Gasteiger partial charge on any atom is -0.478 e. The Labute approximate surface area is 131 Å². The third-order valence-corrected chi connectivity index (χ3v) is 3.21. The van der Waals surface area contributed by atoms with E-state index >= 15 is 0 Å². The average Bonchev–Trinajstić information content (AvgIpc) is 2.42. The predicted molar refractivity (Wildman–Crippen MR) is 86.4 cm³/mol. The fourth-order valence-electron chi connectivity index (χ4n) is 2.23. The standard InChI is InChI=1S/C17H25NO4/c1-4-5-6-10-22-17(21)18-14-9-7-8-13(11-12(2)3)15(14)16(19)20/h7-9,12H,4-6,10-11H2,1-3H3,(H,18,21)(H,19,20). The molecule has 0 fully saturated rings. The maximum Gasteiger partial charge on any atom is 0.411 e. The van der Waals surface area contributed by atoms with Crippen molar-refractivity contribution in [2.75, 3.05) is 11.9 Å². The summed E-state index contributed by atoms with van der Waals surface area (Å²) < 4.78 is 5.06. The van der Waals surface area contributed by atoms with Gasteiger partial charge in [-0.15, -0.1) is 0 Å². The molecule has 0 aliphatic heterocycles. The largest absolute Gasteiger partial charge is 0.478 e. The van der Waals surface area contributed by atoms with Crippen molar-refractivity contribution in [1.29, 1.82) is 0 Å². The highest BCUT2D eigenvalue weighted by Gasteiger charge is 2.18. The smallest absolute Gasteiger partial charge is 0.411 e. The van der Waals surface area contributed by atoms with Crippen LogP contribution in [0.4, 0.5) is 10.5 Å². The first-order valence-electron chi connectivity index (χ1n) is 7.74. The summed E-state index contributed by atoms with van der Waals surface area (Å²) in [7, 11) is 0. The molecule has 0 radical (unpaired) electrons. The summed E-state index contributed by atoms with van der Waals surface area (Å²) >= 11 is 0. The zero-order chi connectivity index (χ0) is 16.5. The number of carboxylic acids is 1. The number of carbonyl (C=O) groups is 2. The molecular weight excluding hydrogens is 282 g/mol. The van der Waals surface area contributed by atoms with Crippen LogP contribution in [-0.2, 0) is 11.2 Å². The van der Waals surface area contributed by atoms with Crippen molar-refractivity contribution in [3.05, 3.63) is 29.3 Å². The average molecular weight is 307 g/mol. The Morgan fingerprint density at radius 1 is 1.27 bits per heavy atom. The minimum atomic E-state index is -1.04. The summed E-state index contributed by atoms with van der Waals surface area (Å²) in [5.74, 6) is -0.716. The van der Waals surface area contributed by atoms with E-state index in [1.54, 1.807) is 18.2 Å². The topological polar surface area (TPSA) is 75.6 Å². The summed E-state index contributed by atoms with van der Waals surface area (Å²) in [6, 6.07) is 5.11. The number of ether oxygens (including phenoxy) is 1. The van der Waals surface area contributed by atoms with E-state index in [4.69, 9.17) is 4.74 Å². The van der Waals surface area contributed by atoms with Crippen LogP contribution in [0, 0.1) is 5.92 Å². The van der Waals surface area contributed by atoms with E-state index < -0.39 is 12.1 Å². The van der Waals surface area contributed by atoms with E-state index in [9.17, 15) is 14.7 Å². The molecule has 0 aliphatic rings. The number of carboxylic acid groups (broad SMARTS) is 1. The van der Waals surface area contributed by atoms with Gasteiger partial charge in [0.15, 0.2) is 0 Å². The van der Waals surface area contributed by atoms with Crippen LogP contribution in [0.2, 0.25) is 0 Å². The first-order chi connectivity index (χ1) is 10.5. The van der Waals surface area contributed by atoms with Crippen molar-refractivity contribution in [1.82, 2.24) is 0 Å². The molecule has 0 spiro atoms. The Morgan fingerprint density at radius 2 is 2.00 bits per heavy atom. The summed E-state index contributed by atoms with van der Waals surface area (Å²) in [6.45, 7) is 6.45. The van der Waals surface area contributed by atoms with Crippen LogP contribution in [0.5, 0.6) is 0 Å². The van der Waals surface area contributed by atoms with E-state index in [0.717, 1.165) is 19.3 Å². The van der Waals surface area contributed by atoms with E-state index in [-0.39, 0.29) is 11.3 Å². The van der Waals surface area contributed by atoms with Gasteiger partial charge in [-0.25, -0.2) is 9.59 Å². The number of aromatic carboxylic acids is 1. The van der Waals surface area contributed by atoms with Gasteiger partial charge in [0.1, 0.15) is 0 Å². The summed E-state index contributed by atoms with van der Waals surface area (Å²) in [4.78, 5) is 23.3. The number of unbranched alkanes of at least 4 members (excludes halogenated alkanes) is 2. The van der Waals surface area contributed by atoms with Crippen LogP contribution < -0.4 is 5.32 Å². The molecule has 122 valence electrons. The lowest BCUT2D eigenvalue weighted by Gasteiger charge is -2.14. The lowest BCUT2D eigenvalue weighted by molar-refractivity contribution is 0.0696. The fourth-order valence-corrected chi connectivity index (χ4v) is 2.23. The highest BCUT2D eigenvalue weighted by atomic mass is 16.5. The van der Waals surface area contributed by atoms with E-state index in [2.05, 4.69) is 12.2 Å². The second-order valence-corrected chi connectivity index (χ2v) is 5.71. The third-order valence-electron chi connectivity index (χ3n) is 3.21. The second kappa shape index (κ2) is 9.07. The van der Waals surface area contributed by atoms with Gasteiger partial charge in [-0.1, -0.05) is 45.7 Å². The molecular formula is C17H25NO4. The van der Waals surface area contributed by atoms with Crippen molar-refractivity contribution in [2.24, 2.45) is 5.92 Å². The highest BCUT2D eigenvalue weighted by molar-refractivity contribution is 6.00. The van der Waals surface area contributed by atoms with Crippen LogP contribution in [-0.4, -0.2) is 23.8 Å². The molecule has 0 saturated heterocycles. The first-order valence-corrected chi connectivity index (χ1v) is 7.74. The Hall–Kier alpha value is -2.04. The SMILES string of the molecule is CCCCCOC(=O)Nc1cccc(CC(C)C)c1C(=O)O. The van der Waals surface area contributed by atoms with Crippen LogP contribution in [0.15, 0.2) is 18.2 Å². The van der Waals surface area contributed by atoms with Crippen LogP contribution in [0.1, 0.15) is 56.0 Å². The molecule has 22 heavy (non-hydrogen) atoms. The molecule has 0 aliphatic carbocycles. The summed E-state index contributed by atoms with van der Waals surface area (Å²) in [6.07, 6.45) is 2.88.